The summed E-state index contributed by atoms with van der Waals surface area (Å²) in [5.74, 6) is -0.875. The van der Waals surface area contributed by atoms with E-state index in [1.165, 1.54) is 0 Å². The van der Waals surface area contributed by atoms with Gasteiger partial charge in [0.25, 0.3) is 0 Å². The van der Waals surface area contributed by atoms with Crippen LogP contribution in [0, 0.1) is 0 Å². The first kappa shape index (κ1) is 15.7. The number of hydrogen-bond acceptors (Lipinski definition) is 3. The molecule has 0 bridgehead atoms. The minimum absolute atomic E-state index is 0.409. The fourth-order valence-corrected chi connectivity index (χ4v) is 2.05. The maximum absolute atomic E-state index is 11.7. The van der Waals surface area contributed by atoms with Crippen molar-refractivity contribution in [2.75, 3.05) is 20.3 Å². The fourth-order valence-electron chi connectivity index (χ4n) is 2.05. The summed E-state index contributed by atoms with van der Waals surface area (Å²) in [5.41, 5.74) is -0.322. The third kappa shape index (κ3) is 4.04. The molecule has 1 atom stereocenters. The SMILES string of the molecule is CCCCOCCC(NC)(C(=O)O)c1ccccc1. The Labute approximate surface area is 114 Å². The van der Waals surface area contributed by atoms with E-state index in [9.17, 15) is 9.90 Å². The largest absolute Gasteiger partial charge is 0.480 e. The molecular weight excluding hydrogens is 242 g/mol. The van der Waals surface area contributed by atoms with Gasteiger partial charge in [-0.2, -0.15) is 0 Å². The van der Waals surface area contributed by atoms with Crippen LogP contribution in [0.3, 0.4) is 0 Å². The Balaban J connectivity index is 2.74. The van der Waals surface area contributed by atoms with E-state index in [0.717, 1.165) is 18.4 Å². The van der Waals surface area contributed by atoms with Crippen LogP contribution >= 0.6 is 0 Å². The zero-order valence-corrected chi connectivity index (χ0v) is 11.7. The lowest BCUT2D eigenvalue weighted by Crippen LogP contribution is -2.48. The summed E-state index contributed by atoms with van der Waals surface area (Å²) in [6.07, 6.45) is 2.49. The van der Waals surface area contributed by atoms with Gasteiger partial charge in [-0.3, -0.25) is 0 Å². The summed E-state index contributed by atoms with van der Waals surface area (Å²) in [5, 5.41) is 12.5. The molecule has 0 saturated heterocycles. The van der Waals surface area contributed by atoms with Crippen LogP contribution in [-0.2, 0) is 15.1 Å². The first-order valence-electron chi connectivity index (χ1n) is 6.73. The molecule has 0 spiro atoms. The van der Waals surface area contributed by atoms with E-state index >= 15 is 0 Å². The van der Waals surface area contributed by atoms with Crippen LogP contribution in [0.25, 0.3) is 0 Å². The summed E-state index contributed by atoms with van der Waals surface area (Å²) < 4.78 is 5.50. The second-order valence-electron chi connectivity index (χ2n) is 4.54. The second-order valence-corrected chi connectivity index (χ2v) is 4.54. The van der Waals surface area contributed by atoms with E-state index < -0.39 is 11.5 Å². The second kappa shape index (κ2) is 7.92. The van der Waals surface area contributed by atoms with Gasteiger partial charge in [-0.15, -0.1) is 0 Å². The number of likely N-dealkylation sites (N-methyl/N-ethyl adjacent to an activating group) is 1. The van der Waals surface area contributed by atoms with Crippen LogP contribution in [0.2, 0.25) is 0 Å². The molecule has 4 heteroatoms. The van der Waals surface area contributed by atoms with E-state index in [-0.39, 0.29) is 0 Å². The van der Waals surface area contributed by atoms with E-state index in [1.54, 1.807) is 7.05 Å². The average Bonchev–Trinajstić information content (AvgIpc) is 2.44. The molecule has 1 aromatic carbocycles. The minimum atomic E-state index is -1.08. The van der Waals surface area contributed by atoms with E-state index in [2.05, 4.69) is 12.2 Å². The molecule has 0 heterocycles. The van der Waals surface area contributed by atoms with Crippen LogP contribution in [0.5, 0.6) is 0 Å². The number of nitrogens with one attached hydrogen (secondary N) is 1. The van der Waals surface area contributed by atoms with Crippen LogP contribution in [0.15, 0.2) is 30.3 Å². The first-order valence-corrected chi connectivity index (χ1v) is 6.73. The summed E-state index contributed by atoms with van der Waals surface area (Å²) in [6, 6.07) is 9.24. The molecule has 0 aliphatic rings. The highest BCUT2D eigenvalue weighted by Gasteiger charge is 2.38. The third-order valence-corrected chi connectivity index (χ3v) is 3.32. The van der Waals surface area contributed by atoms with Crippen molar-refractivity contribution in [2.45, 2.75) is 31.7 Å². The molecule has 0 amide bonds. The Morgan fingerprint density at radius 1 is 1.32 bits per heavy atom. The predicted molar refractivity (Wildman–Crippen MR) is 75.2 cm³/mol. The van der Waals surface area contributed by atoms with Crippen molar-refractivity contribution >= 4 is 5.97 Å². The molecule has 106 valence electrons. The molecule has 0 fully saturated rings. The van der Waals surface area contributed by atoms with Gasteiger partial charge in [0.2, 0.25) is 0 Å². The highest BCUT2D eigenvalue weighted by atomic mass is 16.5. The number of carboxylic acid groups (broad SMARTS) is 1. The Morgan fingerprint density at radius 3 is 2.53 bits per heavy atom. The van der Waals surface area contributed by atoms with Crippen LogP contribution < -0.4 is 5.32 Å². The van der Waals surface area contributed by atoms with Gasteiger partial charge in [-0.05, 0) is 19.0 Å². The maximum atomic E-state index is 11.7. The quantitative estimate of drug-likeness (QED) is 0.673. The lowest BCUT2D eigenvalue weighted by atomic mass is 9.87. The Bertz CT molecular complexity index is 380. The maximum Gasteiger partial charge on any atom is 0.328 e. The molecule has 0 radical (unpaired) electrons. The number of ether oxygens (including phenoxy) is 1. The molecule has 0 aliphatic heterocycles. The number of unbranched alkanes of at least 4 members (excludes halogenated alkanes) is 1. The van der Waals surface area contributed by atoms with Gasteiger partial charge in [0, 0.05) is 19.6 Å². The van der Waals surface area contributed by atoms with Crippen molar-refractivity contribution in [3.05, 3.63) is 35.9 Å². The lowest BCUT2D eigenvalue weighted by molar-refractivity contribution is -0.146. The molecule has 1 rings (SSSR count). The van der Waals surface area contributed by atoms with Crippen LogP contribution in [-0.4, -0.2) is 31.3 Å². The van der Waals surface area contributed by atoms with Gasteiger partial charge in [-0.1, -0.05) is 43.7 Å². The van der Waals surface area contributed by atoms with Gasteiger partial charge in [0.1, 0.15) is 5.54 Å². The number of aliphatic carboxylic acids is 1. The van der Waals surface area contributed by atoms with Crippen molar-refractivity contribution in [3.63, 3.8) is 0 Å². The smallest absolute Gasteiger partial charge is 0.328 e. The van der Waals surface area contributed by atoms with E-state index in [0.29, 0.717) is 19.6 Å². The average molecular weight is 265 g/mol. The summed E-state index contributed by atoms with van der Waals surface area (Å²) in [4.78, 5) is 11.7. The van der Waals surface area contributed by atoms with Gasteiger partial charge >= 0.3 is 5.97 Å². The lowest BCUT2D eigenvalue weighted by Gasteiger charge is -2.29. The summed E-state index contributed by atoms with van der Waals surface area (Å²) in [6.45, 7) is 3.22. The first-order chi connectivity index (χ1) is 9.17. The molecule has 1 aromatic rings. The fraction of sp³-hybridized carbons (Fsp3) is 0.533. The summed E-state index contributed by atoms with van der Waals surface area (Å²) >= 11 is 0. The minimum Gasteiger partial charge on any atom is -0.480 e. The number of carboxylic acids is 1. The Morgan fingerprint density at radius 2 is 2.00 bits per heavy atom. The third-order valence-electron chi connectivity index (χ3n) is 3.32. The molecule has 4 nitrogen and oxygen atoms in total. The highest BCUT2D eigenvalue weighted by molar-refractivity contribution is 5.80. The highest BCUT2D eigenvalue weighted by Crippen LogP contribution is 2.25. The molecule has 2 N–H and O–H groups in total. The van der Waals surface area contributed by atoms with Crippen molar-refractivity contribution in [2.24, 2.45) is 0 Å². The van der Waals surface area contributed by atoms with E-state index in [4.69, 9.17) is 4.74 Å². The zero-order chi connectivity index (χ0) is 14.1. The number of rotatable bonds is 9. The summed E-state index contributed by atoms with van der Waals surface area (Å²) in [7, 11) is 1.67. The van der Waals surface area contributed by atoms with Gasteiger partial charge < -0.3 is 15.2 Å². The molecular formula is C15H23NO3. The Hall–Kier alpha value is -1.39. The standard InChI is InChI=1S/C15H23NO3/c1-3-4-11-19-12-10-15(16-2,14(17)18)13-8-6-5-7-9-13/h5-9,16H,3-4,10-12H2,1-2H3,(H,17,18). The molecule has 0 saturated carbocycles. The molecule has 0 aliphatic carbocycles. The normalized spacial score (nSPS) is 14.0. The number of benzene rings is 1. The van der Waals surface area contributed by atoms with Crippen LogP contribution in [0.1, 0.15) is 31.7 Å². The Kier molecular flexibility index (Phi) is 6.53. The van der Waals surface area contributed by atoms with Crippen LogP contribution in [0.4, 0.5) is 0 Å². The topological polar surface area (TPSA) is 58.6 Å². The van der Waals surface area contributed by atoms with Gasteiger partial charge in [0.15, 0.2) is 0 Å². The molecule has 19 heavy (non-hydrogen) atoms. The molecule has 1 unspecified atom stereocenters. The van der Waals surface area contributed by atoms with Crippen molar-refractivity contribution in [3.8, 4) is 0 Å². The number of carbonyl (C=O) groups is 1. The number of hydrogen-bond donors (Lipinski definition) is 2. The van der Waals surface area contributed by atoms with E-state index in [1.807, 2.05) is 30.3 Å². The van der Waals surface area contributed by atoms with Gasteiger partial charge in [-0.25, -0.2) is 4.79 Å². The van der Waals surface area contributed by atoms with Gasteiger partial charge in [0.05, 0.1) is 0 Å². The monoisotopic (exact) mass is 265 g/mol. The van der Waals surface area contributed by atoms with Crippen molar-refractivity contribution in [1.82, 2.24) is 5.32 Å². The zero-order valence-electron chi connectivity index (χ0n) is 11.7. The van der Waals surface area contributed by atoms with Crippen molar-refractivity contribution in [1.29, 1.82) is 0 Å². The predicted octanol–water partition coefficient (Wildman–Crippen LogP) is 2.39. The van der Waals surface area contributed by atoms with Crippen molar-refractivity contribution < 1.29 is 14.6 Å². The molecule has 0 aromatic heterocycles.